The molecule has 1 amide bonds. The van der Waals surface area contributed by atoms with Crippen molar-refractivity contribution in [1.82, 2.24) is 14.9 Å². The van der Waals surface area contributed by atoms with E-state index in [0.29, 0.717) is 16.5 Å². The number of benzene rings is 2. The van der Waals surface area contributed by atoms with Gasteiger partial charge in [0.05, 0.1) is 30.6 Å². The zero-order chi connectivity index (χ0) is 26.1. The first-order chi connectivity index (χ1) is 17.9. The highest BCUT2D eigenvalue weighted by Gasteiger charge is 2.42. The number of ether oxygens (including phenoxy) is 1. The number of pyridine rings is 1. The highest BCUT2D eigenvalue weighted by Crippen LogP contribution is 2.45. The van der Waals surface area contributed by atoms with Gasteiger partial charge in [0, 0.05) is 35.9 Å². The number of anilines is 2. The molecule has 2 atom stereocenters. The van der Waals surface area contributed by atoms with Crippen LogP contribution in [-0.2, 0) is 4.79 Å². The zero-order valence-electron chi connectivity index (χ0n) is 21.2. The van der Waals surface area contributed by atoms with Gasteiger partial charge in [-0.2, -0.15) is 0 Å². The van der Waals surface area contributed by atoms with Gasteiger partial charge in [-0.15, -0.1) is 0 Å². The van der Waals surface area contributed by atoms with E-state index in [-0.39, 0.29) is 18.0 Å². The standard InChI is InChI=1S/C29H29N5O2S/c1-18-16-23(19(2)33(18)21-10-6-5-7-11-21)28-27(24-12-8-9-15-30-24)32-29(37)34(28)22-13-14-26(36-4)25(17-22)31-20(3)35/h5-17,27-28H,1-4H3,(H,31,35)(H,32,37)/t27-,28-/m0/s1. The molecule has 0 unspecified atom stereocenters. The summed E-state index contributed by atoms with van der Waals surface area (Å²) in [5.74, 6) is 0.406. The van der Waals surface area contributed by atoms with Crippen LogP contribution in [0.1, 0.15) is 41.7 Å². The quantitative estimate of drug-likeness (QED) is 0.327. The van der Waals surface area contributed by atoms with Gasteiger partial charge in [0.1, 0.15) is 5.75 Å². The van der Waals surface area contributed by atoms with Crippen molar-refractivity contribution in [3.8, 4) is 11.4 Å². The first kappa shape index (κ1) is 24.5. The van der Waals surface area contributed by atoms with Crippen molar-refractivity contribution in [3.05, 3.63) is 102 Å². The van der Waals surface area contributed by atoms with Crippen LogP contribution in [0.3, 0.4) is 0 Å². The van der Waals surface area contributed by atoms with Gasteiger partial charge in [-0.05, 0) is 80.2 Å². The summed E-state index contributed by atoms with van der Waals surface area (Å²) in [5, 5.41) is 6.98. The Morgan fingerprint density at radius 2 is 1.78 bits per heavy atom. The summed E-state index contributed by atoms with van der Waals surface area (Å²) >= 11 is 5.91. The molecule has 3 heterocycles. The number of aryl methyl sites for hydroxylation is 1. The van der Waals surface area contributed by atoms with Crippen molar-refractivity contribution in [3.63, 3.8) is 0 Å². The van der Waals surface area contributed by atoms with E-state index < -0.39 is 0 Å². The fourth-order valence-corrected chi connectivity index (χ4v) is 5.49. The Morgan fingerprint density at radius 1 is 1.03 bits per heavy atom. The zero-order valence-corrected chi connectivity index (χ0v) is 22.0. The SMILES string of the molecule is COc1ccc(N2C(=S)N[C@@H](c3ccccn3)[C@@H]2c2cc(C)n(-c3ccccc3)c2C)cc1NC(C)=O. The molecule has 1 aliphatic heterocycles. The van der Waals surface area contributed by atoms with Crippen molar-refractivity contribution in [1.29, 1.82) is 0 Å². The van der Waals surface area contributed by atoms with Crippen LogP contribution in [0, 0.1) is 13.8 Å². The molecule has 2 aromatic heterocycles. The largest absolute Gasteiger partial charge is 0.495 e. The van der Waals surface area contributed by atoms with E-state index in [1.54, 1.807) is 13.3 Å². The molecule has 0 aliphatic carbocycles. The van der Waals surface area contributed by atoms with Crippen LogP contribution in [0.4, 0.5) is 11.4 Å². The molecule has 5 rings (SSSR count). The number of hydrogen-bond acceptors (Lipinski definition) is 4. The minimum absolute atomic E-state index is 0.174. The highest BCUT2D eigenvalue weighted by atomic mass is 32.1. The van der Waals surface area contributed by atoms with Crippen LogP contribution in [0.25, 0.3) is 5.69 Å². The number of amides is 1. The Hall–Kier alpha value is -4.17. The maximum absolute atomic E-state index is 11.9. The number of rotatable bonds is 6. The lowest BCUT2D eigenvalue weighted by Gasteiger charge is -2.29. The van der Waals surface area contributed by atoms with E-state index in [2.05, 4.69) is 57.1 Å². The Kier molecular flexibility index (Phi) is 6.67. The predicted molar refractivity (Wildman–Crippen MR) is 150 cm³/mol. The van der Waals surface area contributed by atoms with Crippen LogP contribution in [-0.4, -0.2) is 27.7 Å². The second-order valence-corrected chi connectivity index (χ2v) is 9.45. The third-order valence-corrected chi connectivity index (χ3v) is 6.99. The molecule has 188 valence electrons. The minimum atomic E-state index is -0.176. The van der Waals surface area contributed by atoms with Crippen LogP contribution in [0.15, 0.2) is 79.0 Å². The van der Waals surface area contributed by atoms with Crippen LogP contribution < -0.4 is 20.3 Å². The second-order valence-electron chi connectivity index (χ2n) is 9.06. The molecule has 8 heteroatoms. The summed E-state index contributed by atoms with van der Waals surface area (Å²) < 4.78 is 7.75. The van der Waals surface area contributed by atoms with Gasteiger partial charge in [0.25, 0.3) is 0 Å². The molecule has 1 aliphatic rings. The lowest BCUT2D eigenvalue weighted by Crippen LogP contribution is -2.29. The number of hydrogen-bond donors (Lipinski definition) is 2. The maximum atomic E-state index is 11.9. The lowest BCUT2D eigenvalue weighted by molar-refractivity contribution is -0.114. The van der Waals surface area contributed by atoms with Gasteiger partial charge in [0.2, 0.25) is 5.91 Å². The van der Waals surface area contributed by atoms with Gasteiger partial charge in [-0.25, -0.2) is 0 Å². The average molecular weight is 512 g/mol. The van der Waals surface area contributed by atoms with Gasteiger partial charge < -0.3 is 24.8 Å². The number of thiocarbonyl (C=S) groups is 1. The number of methoxy groups -OCH3 is 1. The number of nitrogens with zero attached hydrogens (tertiary/aromatic N) is 3. The fourth-order valence-electron chi connectivity index (χ4n) is 5.14. The summed E-state index contributed by atoms with van der Waals surface area (Å²) in [7, 11) is 1.58. The van der Waals surface area contributed by atoms with E-state index >= 15 is 0 Å². The van der Waals surface area contributed by atoms with E-state index in [9.17, 15) is 4.79 Å². The van der Waals surface area contributed by atoms with Gasteiger partial charge in [-0.1, -0.05) is 24.3 Å². The number of nitrogens with one attached hydrogen (secondary N) is 2. The summed E-state index contributed by atoms with van der Waals surface area (Å²) in [6.07, 6.45) is 1.80. The number of para-hydroxylation sites is 1. The summed E-state index contributed by atoms with van der Waals surface area (Å²) in [4.78, 5) is 18.7. The summed E-state index contributed by atoms with van der Waals surface area (Å²) in [6.45, 7) is 5.74. The molecular formula is C29H29N5O2S. The molecule has 1 saturated heterocycles. The third-order valence-electron chi connectivity index (χ3n) is 6.67. The number of carbonyl (C=O) groups excluding carboxylic acids is 1. The first-order valence-electron chi connectivity index (χ1n) is 12.1. The van der Waals surface area contributed by atoms with Gasteiger partial charge in [-0.3, -0.25) is 9.78 Å². The topological polar surface area (TPSA) is 71.4 Å². The van der Waals surface area contributed by atoms with Crippen molar-refractivity contribution >= 4 is 34.6 Å². The minimum Gasteiger partial charge on any atom is -0.495 e. The van der Waals surface area contributed by atoms with E-state index in [1.807, 2.05) is 54.6 Å². The molecule has 1 fully saturated rings. The smallest absolute Gasteiger partial charge is 0.221 e. The molecule has 37 heavy (non-hydrogen) atoms. The highest BCUT2D eigenvalue weighted by molar-refractivity contribution is 7.80. The van der Waals surface area contributed by atoms with Gasteiger partial charge >= 0.3 is 0 Å². The molecule has 7 nitrogen and oxygen atoms in total. The van der Waals surface area contributed by atoms with Crippen LogP contribution in [0.5, 0.6) is 5.75 Å². The molecule has 0 spiro atoms. The Bertz CT molecular complexity index is 1450. The molecule has 0 radical (unpaired) electrons. The lowest BCUT2D eigenvalue weighted by atomic mass is 9.96. The van der Waals surface area contributed by atoms with Crippen LogP contribution in [0.2, 0.25) is 0 Å². The second kappa shape index (κ2) is 10.1. The third kappa shape index (κ3) is 4.56. The molecule has 0 bridgehead atoms. The van der Waals surface area contributed by atoms with E-state index in [0.717, 1.165) is 34.0 Å². The van der Waals surface area contributed by atoms with Crippen LogP contribution >= 0.6 is 12.2 Å². The van der Waals surface area contributed by atoms with Gasteiger partial charge in [0.15, 0.2) is 5.11 Å². The number of carbonyl (C=O) groups is 1. The molecule has 0 saturated carbocycles. The van der Waals surface area contributed by atoms with Crippen molar-refractivity contribution in [2.75, 3.05) is 17.3 Å². The van der Waals surface area contributed by atoms with Crippen molar-refractivity contribution in [2.24, 2.45) is 0 Å². The molecular weight excluding hydrogens is 482 g/mol. The van der Waals surface area contributed by atoms with Crippen molar-refractivity contribution < 1.29 is 9.53 Å². The predicted octanol–water partition coefficient (Wildman–Crippen LogP) is 5.63. The Balaban J connectivity index is 1.68. The fraction of sp³-hybridized carbons (Fsp3) is 0.207. The summed E-state index contributed by atoms with van der Waals surface area (Å²) in [5.41, 5.74) is 6.83. The Morgan fingerprint density at radius 3 is 2.46 bits per heavy atom. The Labute approximate surface area is 222 Å². The molecule has 2 N–H and O–H groups in total. The summed E-state index contributed by atoms with van der Waals surface area (Å²) in [6, 6.07) is 23.8. The normalized spacial score (nSPS) is 17.0. The maximum Gasteiger partial charge on any atom is 0.221 e. The first-order valence-corrected chi connectivity index (χ1v) is 12.5. The molecule has 4 aromatic rings. The van der Waals surface area contributed by atoms with E-state index in [4.69, 9.17) is 17.0 Å². The molecule has 2 aromatic carbocycles. The average Bonchev–Trinajstić information content (AvgIpc) is 3.39. The monoisotopic (exact) mass is 511 g/mol. The van der Waals surface area contributed by atoms with Crippen molar-refractivity contribution in [2.45, 2.75) is 32.9 Å². The number of aromatic nitrogens is 2. The van der Waals surface area contributed by atoms with E-state index in [1.165, 1.54) is 6.92 Å².